The molecule has 78 heavy (non-hydrogen) atoms. The van der Waals surface area contributed by atoms with Gasteiger partial charge in [-0.05, 0) is 98.1 Å². The fourth-order valence-electron chi connectivity index (χ4n) is 10.1. The molecule has 4 rings (SSSR count). The van der Waals surface area contributed by atoms with Gasteiger partial charge in [-0.3, -0.25) is 28.8 Å². The van der Waals surface area contributed by atoms with Crippen LogP contribution in [-0.2, 0) is 56.0 Å². The van der Waals surface area contributed by atoms with Crippen LogP contribution in [0.5, 0.6) is 5.75 Å². The lowest BCUT2D eigenvalue weighted by molar-refractivity contribution is -0.149. The average molecular weight is 1110 g/mol. The molecule has 2 aromatic rings. The number of methoxy groups -OCH3 is 2. The zero-order chi connectivity index (χ0) is 58.0. The highest BCUT2D eigenvalue weighted by atomic mass is 35.5. The van der Waals surface area contributed by atoms with Crippen molar-refractivity contribution >= 4 is 70.5 Å². The van der Waals surface area contributed by atoms with Crippen molar-refractivity contribution in [2.45, 2.75) is 149 Å². The predicted octanol–water partition coefficient (Wildman–Crippen LogP) is 6.78. The molecule has 10 atom stereocenters. The van der Waals surface area contributed by atoms with Gasteiger partial charge in [-0.1, -0.05) is 88.6 Å². The highest BCUT2D eigenvalue weighted by molar-refractivity contribution is 6.35. The number of primary amides is 1. The molecule has 0 radical (unpaired) electrons. The van der Waals surface area contributed by atoms with Crippen molar-refractivity contribution in [2.24, 2.45) is 35.3 Å². The molecule has 2 aliphatic rings. The molecule has 0 aromatic heterocycles. The van der Waals surface area contributed by atoms with Crippen molar-refractivity contribution in [1.29, 1.82) is 0 Å². The van der Waals surface area contributed by atoms with E-state index in [4.69, 9.17) is 36.3 Å². The molecule has 0 saturated heterocycles. The molecular weight excluding hydrogens is 1030 g/mol. The Kier molecular flexibility index (Phi) is 25.1. The second-order valence-electron chi connectivity index (χ2n) is 20.9. The topological polar surface area (TPSA) is 274 Å². The Morgan fingerprint density at radius 1 is 0.949 bits per heavy atom. The number of unbranched alkanes of at least 4 members (excludes halogenated alkanes) is 2. The molecule has 4 bridgehead atoms. The molecular formula is C57H82ClN7O13. The number of nitrogens with one attached hydrogen (secondary N) is 4. The summed E-state index contributed by atoms with van der Waals surface area (Å²) in [6, 6.07) is 7.64. The van der Waals surface area contributed by atoms with Gasteiger partial charge >= 0.3 is 12.2 Å². The predicted molar refractivity (Wildman–Crippen MR) is 296 cm³/mol. The summed E-state index contributed by atoms with van der Waals surface area (Å²) in [5.41, 5.74) is 8.97. The number of nitrogens with two attached hydrogens (primary N) is 1. The van der Waals surface area contributed by atoms with Gasteiger partial charge in [0.25, 0.3) is 0 Å². The van der Waals surface area contributed by atoms with E-state index in [1.807, 2.05) is 32.1 Å². The number of benzene rings is 2. The summed E-state index contributed by atoms with van der Waals surface area (Å²) in [5, 5.41) is 22.6. The molecule has 1 aliphatic heterocycles. The minimum Gasteiger partial charge on any atom is -0.495 e. The maximum absolute atomic E-state index is 14.5. The summed E-state index contributed by atoms with van der Waals surface area (Å²) in [6.07, 6.45) is 2.74. The van der Waals surface area contributed by atoms with Crippen LogP contribution in [0.4, 0.5) is 21.0 Å². The molecule has 1 saturated carbocycles. The molecule has 430 valence electrons. The highest BCUT2D eigenvalue weighted by Gasteiger charge is 2.50. The van der Waals surface area contributed by atoms with E-state index in [2.05, 4.69) is 21.3 Å². The Bertz CT molecular complexity index is 2490. The molecule has 1 heterocycles. The monoisotopic (exact) mass is 1110 g/mol. The largest absolute Gasteiger partial charge is 0.495 e. The van der Waals surface area contributed by atoms with Gasteiger partial charge in [-0.25, -0.2) is 9.59 Å². The number of hydrogen-bond acceptors (Lipinski definition) is 13. The lowest BCUT2D eigenvalue weighted by Gasteiger charge is -2.48. The Hall–Kier alpha value is -6.51. The molecule has 21 heteroatoms. The van der Waals surface area contributed by atoms with Crippen LogP contribution in [0.1, 0.15) is 111 Å². The lowest BCUT2D eigenvalue weighted by atomic mass is 9.62. The number of likely N-dealkylation sites (N-methyl/N-ethyl adjacent to an activating group) is 1. The van der Waals surface area contributed by atoms with E-state index < -0.39 is 84.1 Å². The minimum atomic E-state index is -1.18. The Balaban J connectivity index is 1.38. The number of ether oxygens (including phenoxy) is 4. The average Bonchev–Trinajstić information content (AvgIpc) is 3.45. The zero-order valence-corrected chi connectivity index (χ0v) is 47.8. The fraction of sp³-hybridized carbons (Fsp3) is 0.579. The second-order valence-corrected chi connectivity index (χ2v) is 21.3. The second kappa shape index (κ2) is 30.6. The number of ketones is 1. The lowest BCUT2D eigenvalue weighted by Crippen LogP contribution is -2.57. The normalized spacial score (nSPS) is 23.9. The van der Waals surface area contributed by atoms with E-state index in [9.17, 15) is 43.5 Å². The number of Topliss-reactive ketones (excluding diaryl/α,β-unsaturated/α-hetero) is 1. The third kappa shape index (κ3) is 18.3. The van der Waals surface area contributed by atoms with Crippen LogP contribution in [-0.4, -0.2) is 129 Å². The van der Waals surface area contributed by atoms with Gasteiger partial charge in [0, 0.05) is 65.5 Å². The van der Waals surface area contributed by atoms with Crippen molar-refractivity contribution in [3.05, 3.63) is 76.3 Å². The molecule has 0 spiro atoms. The van der Waals surface area contributed by atoms with Crippen LogP contribution in [0.2, 0.25) is 5.02 Å². The van der Waals surface area contributed by atoms with Crippen molar-refractivity contribution in [2.75, 3.05) is 45.1 Å². The van der Waals surface area contributed by atoms with Crippen LogP contribution in [0, 0.1) is 29.6 Å². The summed E-state index contributed by atoms with van der Waals surface area (Å²) in [4.78, 5) is 108. The van der Waals surface area contributed by atoms with Gasteiger partial charge in [0.15, 0.2) is 5.78 Å². The van der Waals surface area contributed by atoms with Crippen molar-refractivity contribution in [1.82, 2.24) is 20.9 Å². The number of halogens is 1. The number of carbonyl (C=O) groups excluding carboxylic acids is 8. The van der Waals surface area contributed by atoms with Crippen LogP contribution in [0.25, 0.3) is 0 Å². The number of carbonyl (C=O) groups is 8. The van der Waals surface area contributed by atoms with Gasteiger partial charge in [-0.15, -0.1) is 0 Å². The number of anilines is 2. The molecule has 4 unspecified atom stereocenters. The maximum atomic E-state index is 14.5. The molecule has 2 aromatic carbocycles. The number of nitrogens with zero attached hydrogens (tertiary/aromatic N) is 2. The van der Waals surface area contributed by atoms with Crippen molar-refractivity contribution in [3.63, 3.8) is 0 Å². The summed E-state index contributed by atoms with van der Waals surface area (Å²) in [6.45, 7) is 12.7. The van der Waals surface area contributed by atoms with Crippen LogP contribution >= 0.6 is 11.6 Å². The summed E-state index contributed by atoms with van der Waals surface area (Å²) < 4.78 is 22.4. The third-order valence-corrected chi connectivity index (χ3v) is 15.2. The first-order chi connectivity index (χ1) is 36.9. The van der Waals surface area contributed by atoms with E-state index in [-0.39, 0.29) is 79.7 Å². The van der Waals surface area contributed by atoms with Gasteiger partial charge in [-0.2, -0.15) is 0 Å². The van der Waals surface area contributed by atoms with Crippen LogP contribution < -0.4 is 36.6 Å². The number of fused-ring (bicyclic) bond motifs is 4. The first kappa shape index (κ1) is 64.0. The van der Waals surface area contributed by atoms with E-state index >= 15 is 0 Å². The number of aliphatic hydroxyl groups is 1. The Morgan fingerprint density at radius 2 is 1.64 bits per heavy atom. The van der Waals surface area contributed by atoms with E-state index in [0.29, 0.717) is 48.4 Å². The number of aliphatic hydroxyl groups excluding tert-OH is 1. The first-order valence-corrected chi connectivity index (χ1v) is 27.1. The van der Waals surface area contributed by atoms with E-state index in [0.717, 1.165) is 11.1 Å². The number of hydrogen-bond donors (Lipinski definition) is 6. The minimum absolute atomic E-state index is 0.0105. The standard InChI is InChI=1S/C57H82ClN7O13/c1-12-47(68)63-52(32(2)3)55(72)61-36(7)54(71)62-40-22-20-37(21-23-40)31-77-57(74)60-24-15-13-14-19-48(69)65(9)53-43(67)28-39-29-49(70)64(8)41-26-38(27-46(76-11)51(41)58)25-33(4)17-16-18-44(75-10)42(66)30-45(78-56(59)73)35(6)50(53)34(39)5/h16-18,20-23,26-27,32,34-36,39,42,44-45,50,52-53,66H,12-15,19,24-25,28-31H2,1-11H3,(H2,59,73)(H,60,74)(H,61,72)(H,62,71)(H,63,68)/b18-16+,33-17+/t34?,35-,36+,39+,42+,44-,45?,50?,52?,53-/m1/s1. The van der Waals surface area contributed by atoms with Gasteiger partial charge in [0.1, 0.15) is 41.7 Å². The number of allylic oxidation sites excluding steroid dienone is 3. The Morgan fingerprint density at radius 3 is 2.27 bits per heavy atom. The molecule has 1 fully saturated rings. The number of amides is 7. The quantitative estimate of drug-likeness (QED) is 0.0794. The summed E-state index contributed by atoms with van der Waals surface area (Å²) in [5.74, 6) is -4.05. The van der Waals surface area contributed by atoms with Crippen molar-refractivity contribution in [3.8, 4) is 5.75 Å². The summed E-state index contributed by atoms with van der Waals surface area (Å²) >= 11 is 6.81. The van der Waals surface area contributed by atoms with E-state index in [1.165, 1.54) is 24.0 Å². The Labute approximate surface area is 463 Å². The first-order valence-electron chi connectivity index (χ1n) is 26.7. The molecule has 20 nitrogen and oxygen atoms in total. The molecule has 7 amide bonds. The highest BCUT2D eigenvalue weighted by Crippen LogP contribution is 2.44. The van der Waals surface area contributed by atoms with Gasteiger partial charge in [0.05, 0.1) is 24.9 Å². The molecule has 7 N–H and O–H groups in total. The smallest absolute Gasteiger partial charge is 0.407 e. The molecule has 1 aliphatic carbocycles. The van der Waals surface area contributed by atoms with Gasteiger partial charge in [0.2, 0.25) is 29.5 Å². The zero-order valence-electron chi connectivity index (χ0n) is 47.0. The maximum Gasteiger partial charge on any atom is 0.407 e. The van der Waals surface area contributed by atoms with Crippen LogP contribution in [0.15, 0.2) is 60.2 Å². The summed E-state index contributed by atoms with van der Waals surface area (Å²) in [7, 11) is 6.15. The van der Waals surface area contributed by atoms with Crippen molar-refractivity contribution < 1.29 is 62.4 Å². The third-order valence-electron chi connectivity index (χ3n) is 14.8. The fourth-order valence-corrected chi connectivity index (χ4v) is 10.4. The van der Waals surface area contributed by atoms with Gasteiger partial charge < -0.3 is 60.9 Å². The number of rotatable bonds is 19. The SMILES string of the molecule is CCC(=O)NC(C(=O)N[C@@H](C)C(=O)Nc1ccc(COC(=O)NCCCCCC(=O)N(C)[C@@H]2C(=O)C[C@H]3CC(=O)N(C)c4cc(cc(OC)c4Cl)C/C(C)=C/C=C/[C@@H](OC)[C@@H](O)CC(OC(N)=O)[C@@H](C)C2C3C)cc1)C(C)C. The van der Waals surface area contributed by atoms with E-state index in [1.54, 1.807) is 85.1 Å². The number of alkyl carbamates (subject to hydrolysis) is 1. The van der Waals surface area contributed by atoms with Crippen LogP contribution in [0.3, 0.4) is 0 Å².